The van der Waals surface area contributed by atoms with E-state index >= 15 is 0 Å². The summed E-state index contributed by atoms with van der Waals surface area (Å²) in [5.41, 5.74) is 5.09. The molecule has 116 valence electrons. The molecule has 0 atom stereocenters. The van der Waals surface area contributed by atoms with Crippen molar-refractivity contribution in [3.63, 3.8) is 0 Å². The van der Waals surface area contributed by atoms with Gasteiger partial charge in [-0.05, 0) is 68.9 Å². The van der Waals surface area contributed by atoms with Crippen LogP contribution in [0.25, 0.3) is 5.57 Å². The first-order valence-corrected chi connectivity index (χ1v) is 8.06. The fraction of sp³-hybridized carbons (Fsp3) is 0.444. The molecule has 0 aliphatic heterocycles. The SMILES string of the molecule is CCn1nccc1C1=C(COc2ccc(C)nc2)CCCC1. The van der Waals surface area contributed by atoms with Crippen molar-refractivity contribution in [3.8, 4) is 5.75 Å². The van der Waals surface area contributed by atoms with E-state index in [-0.39, 0.29) is 0 Å². The van der Waals surface area contributed by atoms with Gasteiger partial charge in [0.2, 0.25) is 0 Å². The van der Waals surface area contributed by atoms with Crippen LogP contribution in [0, 0.1) is 6.92 Å². The third kappa shape index (κ3) is 3.21. The van der Waals surface area contributed by atoms with E-state index < -0.39 is 0 Å². The topological polar surface area (TPSA) is 39.9 Å². The molecule has 0 spiro atoms. The van der Waals surface area contributed by atoms with Gasteiger partial charge in [0.25, 0.3) is 0 Å². The number of hydrogen-bond acceptors (Lipinski definition) is 3. The van der Waals surface area contributed by atoms with Gasteiger partial charge < -0.3 is 4.74 Å². The van der Waals surface area contributed by atoms with Crippen LogP contribution in [-0.4, -0.2) is 21.4 Å². The second-order valence-electron chi connectivity index (χ2n) is 5.75. The Morgan fingerprint density at radius 3 is 2.82 bits per heavy atom. The Labute approximate surface area is 131 Å². The molecule has 0 N–H and O–H groups in total. The van der Waals surface area contributed by atoms with Gasteiger partial charge in [-0.2, -0.15) is 5.10 Å². The molecule has 0 fully saturated rings. The van der Waals surface area contributed by atoms with E-state index in [1.807, 2.05) is 25.3 Å². The molecule has 0 amide bonds. The second-order valence-corrected chi connectivity index (χ2v) is 5.75. The zero-order valence-electron chi connectivity index (χ0n) is 13.4. The third-order valence-electron chi connectivity index (χ3n) is 4.20. The Balaban J connectivity index is 1.80. The van der Waals surface area contributed by atoms with E-state index in [1.54, 1.807) is 6.20 Å². The van der Waals surface area contributed by atoms with Gasteiger partial charge in [0.05, 0.1) is 11.9 Å². The van der Waals surface area contributed by atoms with E-state index in [0.717, 1.165) is 30.8 Å². The van der Waals surface area contributed by atoms with Crippen molar-refractivity contribution < 1.29 is 4.74 Å². The molecule has 2 aromatic heterocycles. The van der Waals surface area contributed by atoms with Crippen LogP contribution in [0.1, 0.15) is 44.0 Å². The Morgan fingerprint density at radius 1 is 1.18 bits per heavy atom. The molecule has 4 nitrogen and oxygen atoms in total. The summed E-state index contributed by atoms with van der Waals surface area (Å²) < 4.78 is 8.03. The molecule has 0 saturated heterocycles. The third-order valence-corrected chi connectivity index (χ3v) is 4.20. The van der Waals surface area contributed by atoms with Crippen molar-refractivity contribution in [2.75, 3.05) is 6.61 Å². The van der Waals surface area contributed by atoms with Crippen LogP contribution in [0.4, 0.5) is 0 Å². The number of ether oxygens (including phenoxy) is 1. The Bertz CT molecular complexity index is 655. The predicted octanol–water partition coefficient (Wildman–Crippen LogP) is 4.01. The molecule has 0 radical (unpaired) electrons. The highest BCUT2D eigenvalue weighted by molar-refractivity contribution is 5.67. The van der Waals surface area contributed by atoms with Crippen LogP contribution in [0.5, 0.6) is 5.75 Å². The summed E-state index contributed by atoms with van der Waals surface area (Å²) in [6.07, 6.45) is 8.42. The van der Waals surface area contributed by atoms with Crippen molar-refractivity contribution in [2.45, 2.75) is 46.1 Å². The average Bonchev–Trinajstić information content (AvgIpc) is 3.03. The zero-order chi connectivity index (χ0) is 15.4. The molecule has 0 saturated carbocycles. The number of pyridine rings is 1. The molecule has 22 heavy (non-hydrogen) atoms. The molecular formula is C18H23N3O. The lowest BCUT2D eigenvalue weighted by Gasteiger charge is -2.21. The zero-order valence-corrected chi connectivity index (χ0v) is 13.4. The summed E-state index contributed by atoms with van der Waals surface area (Å²) in [6.45, 7) is 5.67. The fourth-order valence-corrected chi connectivity index (χ4v) is 2.99. The van der Waals surface area contributed by atoms with E-state index in [9.17, 15) is 0 Å². The smallest absolute Gasteiger partial charge is 0.138 e. The van der Waals surface area contributed by atoms with Crippen molar-refractivity contribution in [1.82, 2.24) is 14.8 Å². The molecule has 1 aliphatic carbocycles. The molecule has 0 aromatic carbocycles. The summed E-state index contributed by atoms with van der Waals surface area (Å²) in [6, 6.07) is 6.09. The number of allylic oxidation sites excluding steroid dienone is 1. The first kappa shape index (κ1) is 14.8. The van der Waals surface area contributed by atoms with E-state index in [1.165, 1.54) is 29.7 Å². The summed E-state index contributed by atoms with van der Waals surface area (Å²) >= 11 is 0. The maximum Gasteiger partial charge on any atom is 0.138 e. The number of aromatic nitrogens is 3. The highest BCUT2D eigenvalue weighted by Gasteiger charge is 2.17. The number of aryl methyl sites for hydroxylation is 2. The van der Waals surface area contributed by atoms with Gasteiger partial charge in [-0.15, -0.1) is 0 Å². The van der Waals surface area contributed by atoms with Crippen molar-refractivity contribution >= 4 is 5.57 Å². The summed E-state index contributed by atoms with van der Waals surface area (Å²) in [7, 11) is 0. The predicted molar refractivity (Wildman–Crippen MR) is 87.8 cm³/mol. The number of nitrogens with zero attached hydrogens (tertiary/aromatic N) is 3. The lowest BCUT2D eigenvalue weighted by Crippen LogP contribution is -2.11. The molecule has 4 heteroatoms. The minimum absolute atomic E-state index is 0.648. The highest BCUT2D eigenvalue weighted by atomic mass is 16.5. The van der Waals surface area contributed by atoms with Gasteiger partial charge >= 0.3 is 0 Å². The molecule has 0 bridgehead atoms. The quantitative estimate of drug-likeness (QED) is 0.837. The molecule has 2 aromatic rings. The van der Waals surface area contributed by atoms with Crippen molar-refractivity contribution in [3.05, 3.63) is 47.6 Å². The van der Waals surface area contributed by atoms with E-state index in [0.29, 0.717) is 6.61 Å². The largest absolute Gasteiger partial charge is 0.488 e. The van der Waals surface area contributed by atoms with Crippen LogP contribution in [0.15, 0.2) is 36.2 Å². The standard InChI is InChI=1S/C18H23N3O/c1-3-21-18(10-11-20-21)17-7-5-4-6-15(17)13-22-16-9-8-14(2)19-12-16/h8-12H,3-7,13H2,1-2H3. The van der Waals surface area contributed by atoms with Gasteiger partial charge in [-0.3, -0.25) is 9.67 Å². The van der Waals surface area contributed by atoms with Crippen molar-refractivity contribution in [2.24, 2.45) is 0 Å². The van der Waals surface area contributed by atoms with Gasteiger partial charge in [-0.25, -0.2) is 0 Å². The Morgan fingerprint density at radius 2 is 2.05 bits per heavy atom. The summed E-state index contributed by atoms with van der Waals surface area (Å²) in [5, 5.41) is 4.40. The first-order valence-electron chi connectivity index (χ1n) is 8.06. The molecular weight excluding hydrogens is 274 g/mol. The lowest BCUT2D eigenvalue weighted by atomic mass is 9.90. The molecule has 0 unspecified atom stereocenters. The van der Waals surface area contributed by atoms with Crippen LogP contribution in [0.3, 0.4) is 0 Å². The van der Waals surface area contributed by atoms with Gasteiger partial charge in [0.1, 0.15) is 12.4 Å². The monoisotopic (exact) mass is 297 g/mol. The maximum absolute atomic E-state index is 5.95. The Hall–Kier alpha value is -2.10. The highest BCUT2D eigenvalue weighted by Crippen LogP contribution is 2.32. The maximum atomic E-state index is 5.95. The normalized spacial score (nSPS) is 15.2. The van der Waals surface area contributed by atoms with Gasteiger partial charge in [0, 0.05) is 18.4 Å². The minimum atomic E-state index is 0.648. The first-order chi connectivity index (χ1) is 10.8. The van der Waals surface area contributed by atoms with Crippen molar-refractivity contribution in [1.29, 1.82) is 0 Å². The fourth-order valence-electron chi connectivity index (χ4n) is 2.99. The molecule has 1 aliphatic rings. The van der Waals surface area contributed by atoms with Crippen LogP contribution in [-0.2, 0) is 6.54 Å². The van der Waals surface area contributed by atoms with Crippen LogP contribution >= 0.6 is 0 Å². The van der Waals surface area contributed by atoms with Crippen LogP contribution < -0.4 is 4.74 Å². The lowest BCUT2D eigenvalue weighted by molar-refractivity contribution is 0.343. The number of hydrogen-bond donors (Lipinski definition) is 0. The molecule has 2 heterocycles. The van der Waals surface area contributed by atoms with Gasteiger partial charge in [0.15, 0.2) is 0 Å². The second kappa shape index (κ2) is 6.77. The summed E-state index contributed by atoms with van der Waals surface area (Å²) in [5.74, 6) is 0.840. The average molecular weight is 297 g/mol. The van der Waals surface area contributed by atoms with Gasteiger partial charge in [-0.1, -0.05) is 0 Å². The minimum Gasteiger partial charge on any atom is -0.488 e. The summed E-state index contributed by atoms with van der Waals surface area (Å²) in [4.78, 5) is 4.28. The Kier molecular flexibility index (Phi) is 4.56. The molecule has 3 rings (SSSR count). The number of rotatable bonds is 5. The van der Waals surface area contributed by atoms with Crippen LogP contribution in [0.2, 0.25) is 0 Å². The van der Waals surface area contributed by atoms with E-state index in [2.05, 4.69) is 27.8 Å². The van der Waals surface area contributed by atoms with E-state index in [4.69, 9.17) is 4.74 Å².